The Labute approximate surface area is 96.3 Å². The molecule has 0 saturated heterocycles. The summed E-state index contributed by atoms with van der Waals surface area (Å²) in [6.07, 6.45) is 3.59. The summed E-state index contributed by atoms with van der Waals surface area (Å²) < 4.78 is 13.2. The van der Waals surface area contributed by atoms with Crippen LogP contribution < -0.4 is 5.73 Å². The fourth-order valence-electron chi connectivity index (χ4n) is 1.69. The third kappa shape index (κ3) is 3.18. The molecular weight excluding hydrogens is 213 g/mol. The van der Waals surface area contributed by atoms with Crippen molar-refractivity contribution in [3.63, 3.8) is 0 Å². The highest BCUT2D eigenvalue weighted by Crippen LogP contribution is 2.36. The van der Waals surface area contributed by atoms with E-state index >= 15 is 0 Å². The summed E-state index contributed by atoms with van der Waals surface area (Å²) in [6, 6.07) is 5.32. The molecule has 1 atom stereocenters. The third-order valence-electron chi connectivity index (χ3n) is 2.91. The molecule has 1 fully saturated rings. The van der Waals surface area contributed by atoms with Gasteiger partial charge in [0.15, 0.2) is 0 Å². The molecule has 1 aliphatic carbocycles. The second-order valence-corrected chi connectivity index (χ2v) is 4.29. The van der Waals surface area contributed by atoms with Crippen LogP contribution in [0.2, 0.25) is 0 Å². The Morgan fingerprint density at radius 3 is 2.67 bits per heavy atom. The summed E-state index contributed by atoms with van der Waals surface area (Å²) in [6.45, 7) is 1.77. The van der Waals surface area contributed by atoms with Crippen molar-refractivity contribution in [2.45, 2.75) is 32.2 Å². The lowest BCUT2D eigenvalue weighted by Gasteiger charge is -2.11. The average Bonchev–Trinajstić information content (AvgIpc) is 2.93. The highest BCUT2D eigenvalue weighted by molar-refractivity contribution is 5.85. The van der Waals surface area contributed by atoms with Gasteiger partial charge in [0.1, 0.15) is 5.82 Å². The maximum absolute atomic E-state index is 13.2. The van der Waals surface area contributed by atoms with Crippen LogP contribution in [-0.4, -0.2) is 0 Å². The van der Waals surface area contributed by atoms with E-state index in [4.69, 9.17) is 5.73 Å². The van der Waals surface area contributed by atoms with E-state index in [1.54, 1.807) is 19.1 Å². The minimum atomic E-state index is -0.145. The average molecular weight is 230 g/mol. The second-order valence-electron chi connectivity index (χ2n) is 4.29. The first-order valence-electron chi connectivity index (χ1n) is 5.18. The lowest BCUT2D eigenvalue weighted by molar-refractivity contribution is 0.580. The van der Waals surface area contributed by atoms with Gasteiger partial charge in [-0.05, 0) is 36.5 Å². The van der Waals surface area contributed by atoms with Crippen LogP contribution in [0.5, 0.6) is 0 Å². The molecule has 84 valence electrons. The molecule has 0 amide bonds. The molecule has 0 bridgehead atoms. The number of benzene rings is 1. The molecule has 0 heterocycles. The Balaban J connectivity index is 0.00000112. The summed E-state index contributed by atoms with van der Waals surface area (Å²) in [7, 11) is 0. The third-order valence-corrected chi connectivity index (χ3v) is 2.91. The van der Waals surface area contributed by atoms with Gasteiger partial charge in [0.2, 0.25) is 0 Å². The largest absolute Gasteiger partial charge is 0.324 e. The van der Waals surface area contributed by atoms with Crippen molar-refractivity contribution >= 4 is 12.4 Å². The molecule has 1 saturated carbocycles. The predicted molar refractivity (Wildman–Crippen MR) is 62.7 cm³/mol. The molecule has 0 radical (unpaired) electrons. The molecule has 15 heavy (non-hydrogen) atoms. The number of nitrogens with two attached hydrogens (primary N) is 1. The molecular formula is C12H17ClFN. The second kappa shape index (κ2) is 4.95. The normalized spacial score (nSPS) is 17.0. The van der Waals surface area contributed by atoms with Crippen LogP contribution in [0.3, 0.4) is 0 Å². The summed E-state index contributed by atoms with van der Waals surface area (Å²) in [4.78, 5) is 0. The van der Waals surface area contributed by atoms with E-state index in [1.165, 1.54) is 12.8 Å². The van der Waals surface area contributed by atoms with Gasteiger partial charge in [-0.3, -0.25) is 0 Å². The molecule has 0 aliphatic heterocycles. The van der Waals surface area contributed by atoms with Crippen LogP contribution in [-0.2, 0) is 0 Å². The van der Waals surface area contributed by atoms with Gasteiger partial charge in [0, 0.05) is 6.04 Å². The van der Waals surface area contributed by atoms with E-state index in [0.717, 1.165) is 17.9 Å². The van der Waals surface area contributed by atoms with Gasteiger partial charge in [-0.1, -0.05) is 25.0 Å². The highest BCUT2D eigenvalue weighted by atomic mass is 35.5. The van der Waals surface area contributed by atoms with Gasteiger partial charge in [-0.2, -0.15) is 0 Å². The Hall–Kier alpha value is -0.600. The van der Waals surface area contributed by atoms with Crippen LogP contribution in [0.15, 0.2) is 18.2 Å². The van der Waals surface area contributed by atoms with Crippen LogP contribution in [0.1, 0.15) is 36.4 Å². The minimum absolute atomic E-state index is 0. The summed E-state index contributed by atoms with van der Waals surface area (Å²) >= 11 is 0. The molecule has 3 heteroatoms. The van der Waals surface area contributed by atoms with Crippen LogP contribution in [0.4, 0.5) is 4.39 Å². The Morgan fingerprint density at radius 2 is 2.13 bits per heavy atom. The topological polar surface area (TPSA) is 26.0 Å². The summed E-state index contributed by atoms with van der Waals surface area (Å²) in [5.41, 5.74) is 7.61. The zero-order valence-corrected chi connectivity index (χ0v) is 9.69. The quantitative estimate of drug-likeness (QED) is 0.845. The van der Waals surface area contributed by atoms with Gasteiger partial charge in [0.25, 0.3) is 0 Å². The number of hydrogen-bond donors (Lipinski definition) is 1. The van der Waals surface area contributed by atoms with Crippen molar-refractivity contribution < 1.29 is 4.39 Å². The maximum Gasteiger partial charge on any atom is 0.126 e. The van der Waals surface area contributed by atoms with Gasteiger partial charge < -0.3 is 5.73 Å². The maximum atomic E-state index is 13.2. The van der Waals surface area contributed by atoms with Crippen molar-refractivity contribution in [3.8, 4) is 0 Å². The van der Waals surface area contributed by atoms with E-state index in [9.17, 15) is 4.39 Å². The number of rotatable bonds is 3. The van der Waals surface area contributed by atoms with Crippen LogP contribution in [0, 0.1) is 18.7 Å². The Bertz CT molecular complexity index is 336. The fraction of sp³-hybridized carbons (Fsp3) is 0.500. The zero-order valence-electron chi connectivity index (χ0n) is 8.87. The Morgan fingerprint density at radius 1 is 1.47 bits per heavy atom. The van der Waals surface area contributed by atoms with Gasteiger partial charge >= 0.3 is 0 Å². The van der Waals surface area contributed by atoms with Gasteiger partial charge in [0.05, 0.1) is 0 Å². The van der Waals surface area contributed by atoms with Crippen molar-refractivity contribution in [3.05, 3.63) is 35.1 Å². The lowest BCUT2D eigenvalue weighted by atomic mass is 10.0. The van der Waals surface area contributed by atoms with E-state index < -0.39 is 0 Å². The molecule has 1 nitrogen and oxygen atoms in total. The minimum Gasteiger partial charge on any atom is -0.324 e. The number of halogens is 2. The van der Waals surface area contributed by atoms with Crippen molar-refractivity contribution in [1.82, 2.24) is 0 Å². The van der Waals surface area contributed by atoms with E-state index in [0.29, 0.717) is 5.56 Å². The predicted octanol–water partition coefficient (Wildman–Crippen LogP) is 3.36. The van der Waals surface area contributed by atoms with Crippen molar-refractivity contribution in [1.29, 1.82) is 0 Å². The fourth-order valence-corrected chi connectivity index (χ4v) is 1.69. The SMILES string of the molecule is Cc1ccc(C(N)CC2CC2)cc1F.Cl. The zero-order chi connectivity index (χ0) is 10.1. The molecule has 1 unspecified atom stereocenters. The van der Waals surface area contributed by atoms with Crippen LogP contribution >= 0.6 is 12.4 Å². The lowest BCUT2D eigenvalue weighted by Crippen LogP contribution is -2.11. The van der Waals surface area contributed by atoms with Gasteiger partial charge in [-0.25, -0.2) is 4.39 Å². The molecule has 0 aromatic heterocycles. The molecule has 1 aromatic carbocycles. The molecule has 0 spiro atoms. The first-order valence-corrected chi connectivity index (χ1v) is 5.18. The summed E-state index contributed by atoms with van der Waals surface area (Å²) in [5.74, 6) is 0.642. The molecule has 1 aromatic rings. The van der Waals surface area contributed by atoms with E-state index in [2.05, 4.69) is 0 Å². The highest BCUT2D eigenvalue weighted by Gasteiger charge is 2.24. The van der Waals surface area contributed by atoms with Gasteiger partial charge in [-0.15, -0.1) is 12.4 Å². The van der Waals surface area contributed by atoms with E-state index in [-0.39, 0.29) is 24.3 Å². The Kier molecular flexibility index (Phi) is 4.12. The van der Waals surface area contributed by atoms with Crippen LogP contribution in [0.25, 0.3) is 0 Å². The monoisotopic (exact) mass is 229 g/mol. The molecule has 1 aliphatic rings. The number of hydrogen-bond acceptors (Lipinski definition) is 1. The van der Waals surface area contributed by atoms with E-state index in [1.807, 2.05) is 6.07 Å². The standard InChI is InChI=1S/C12H16FN.ClH/c1-8-2-5-10(7-11(8)13)12(14)6-9-3-4-9;/h2,5,7,9,12H,3-4,6,14H2,1H3;1H. The molecule has 2 rings (SSSR count). The first kappa shape index (κ1) is 12.5. The smallest absolute Gasteiger partial charge is 0.126 e. The first-order chi connectivity index (χ1) is 6.66. The summed E-state index contributed by atoms with van der Waals surface area (Å²) in [5, 5.41) is 0. The van der Waals surface area contributed by atoms with Crippen molar-refractivity contribution in [2.24, 2.45) is 11.7 Å². The number of aryl methyl sites for hydroxylation is 1. The molecule has 2 N–H and O–H groups in total. The van der Waals surface area contributed by atoms with Crippen molar-refractivity contribution in [2.75, 3.05) is 0 Å².